The van der Waals surface area contributed by atoms with Gasteiger partial charge in [-0.2, -0.15) is 0 Å². The van der Waals surface area contributed by atoms with Crippen LogP contribution in [-0.4, -0.2) is 57.0 Å². The van der Waals surface area contributed by atoms with Gasteiger partial charge in [0.15, 0.2) is 0 Å². The summed E-state index contributed by atoms with van der Waals surface area (Å²) in [6.07, 6.45) is 2.25. The Morgan fingerprint density at radius 2 is 1.86 bits per heavy atom. The molecule has 1 aliphatic rings. The van der Waals surface area contributed by atoms with Gasteiger partial charge in [0, 0.05) is 12.6 Å². The Hall–Kier alpha value is -1.19. The maximum absolute atomic E-state index is 11.7. The van der Waals surface area contributed by atoms with Crippen LogP contribution in [0.2, 0.25) is 0 Å². The van der Waals surface area contributed by atoms with Gasteiger partial charge in [-0.3, -0.25) is 9.59 Å². The lowest BCUT2D eigenvalue weighted by atomic mass is 9.86. The fourth-order valence-corrected chi connectivity index (χ4v) is 3.16. The van der Waals surface area contributed by atoms with Crippen LogP contribution in [0.3, 0.4) is 0 Å². The highest BCUT2D eigenvalue weighted by Gasteiger charge is 2.26. The lowest BCUT2D eigenvalue weighted by Crippen LogP contribution is -2.44. The molecule has 0 unspecified atom stereocenters. The number of carboxylic acids is 1. The third kappa shape index (κ3) is 7.19. The molecule has 1 rings (SSSR count). The molecule has 22 heavy (non-hydrogen) atoms. The average Bonchev–Trinajstić information content (AvgIpc) is 2.46. The zero-order valence-corrected chi connectivity index (χ0v) is 13.5. The quantitative estimate of drug-likeness (QED) is 0.497. The fourth-order valence-electron chi connectivity index (χ4n) is 2.32. The van der Waals surface area contributed by atoms with Crippen molar-refractivity contribution in [2.75, 3.05) is 25.5 Å². The van der Waals surface area contributed by atoms with Crippen molar-refractivity contribution in [3.8, 4) is 0 Å². The van der Waals surface area contributed by atoms with E-state index in [-0.39, 0.29) is 30.9 Å². The van der Waals surface area contributed by atoms with Gasteiger partial charge >= 0.3 is 5.97 Å². The molecule has 3 N–H and O–H groups in total. The van der Waals surface area contributed by atoms with E-state index in [9.17, 15) is 18.0 Å². The standard InChI is InChI=1S/C13H24N2O6S/c1-2-21-7-8-22(19,20)14-9-12(16)15-11-5-3-10(4-6-11)13(17)18/h10-11,14H,2-9H2,1H3,(H,15,16)(H,17,18). The molecule has 1 saturated carbocycles. The first-order chi connectivity index (χ1) is 10.3. The van der Waals surface area contributed by atoms with Gasteiger partial charge in [-0.05, 0) is 32.6 Å². The number of carboxylic acid groups (broad SMARTS) is 1. The molecule has 0 heterocycles. The van der Waals surface area contributed by atoms with Crippen molar-refractivity contribution in [3.05, 3.63) is 0 Å². The van der Waals surface area contributed by atoms with Gasteiger partial charge in [0.05, 0.1) is 24.8 Å². The first-order valence-electron chi connectivity index (χ1n) is 7.41. The van der Waals surface area contributed by atoms with Gasteiger partial charge in [0.1, 0.15) is 0 Å². The number of hydrogen-bond acceptors (Lipinski definition) is 5. The topological polar surface area (TPSA) is 122 Å². The maximum Gasteiger partial charge on any atom is 0.306 e. The molecule has 1 amide bonds. The number of nitrogens with one attached hydrogen (secondary N) is 2. The summed E-state index contributed by atoms with van der Waals surface area (Å²) >= 11 is 0. The number of amides is 1. The monoisotopic (exact) mass is 336 g/mol. The van der Waals surface area contributed by atoms with Crippen LogP contribution < -0.4 is 10.0 Å². The van der Waals surface area contributed by atoms with Gasteiger partial charge in [-0.1, -0.05) is 0 Å². The Balaban J connectivity index is 2.25. The number of ether oxygens (including phenoxy) is 1. The van der Waals surface area contributed by atoms with Crippen LogP contribution in [0.15, 0.2) is 0 Å². The normalized spacial score (nSPS) is 22.2. The number of aliphatic carboxylic acids is 1. The predicted molar refractivity (Wildman–Crippen MR) is 79.8 cm³/mol. The van der Waals surface area contributed by atoms with Crippen molar-refractivity contribution >= 4 is 21.9 Å². The Labute approximate surface area is 130 Å². The number of sulfonamides is 1. The highest BCUT2D eigenvalue weighted by atomic mass is 32.2. The van der Waals surface area contributed by atoms with E-state index >= 15 is 0 Å². The molecular weight excluding hydrogens is 312 g/mol. The van der Waals surface area contributed by atoms with Crippen LogP contribution >= 0.6 is 0 Å². The van der Waals surface area contributed by atoms with Crippen LogP contribution in [0.1, 0.15) is 32.6 Å². The van der Waals surface area contributed by atoms with E-state index in [0.29, 0.717) is 32.3 Å². The van der Waals surface area contributed by atoms with Gasteiger partial charge in [-0.25, -0.2) is 13.1 Å². The summed E-state index contributed by atoms with van der Waals surface area (Å²) in [6, 6.07) is -0.0870. The van der Waals surface area contributed by atoms with Crippen molar-refractivity contribution in [1.82, 2.24) is 10.0 Å². The first kappa shape index (κ1) is 18.9. The molecule has 0 aromatic carbocycles. The Kier molecular flexibility index (Phi) is 7.77. The zero-order valence-electron chi connectivity index (χ0n) is 12.7. The van der Waals surface area contributed by atoms with Crippen molar-refractivity contribution in [2.24, 2.45) is 5.92 Å². The van der Waals surface area contributed by atoms with Crippen molar-refractivity contribution in [1.29, 1.82) is 0 Å². The molecule has 1 fully saturated rings. The molecule has 0 radical (unpaired) electrons. The van der Waals surface area contributed by atoms with Crippen molar-refractivity contribution in [3.63, 3.8) is 0 Å². The van der Waals surface area contributed by atoms with Gasteiger partial charge < -0.3 is 15.2 Å². The smallest absolute Gasteiger partial charge is 0.306 e. The minimum absolute atomic E-state index is 0.0870. The molecule has 0 aromatic heterocycles. The number of rotatable bonds is 9. The summed E-state index contributed by atoms with van der Waals surface area (Å²) < 4.78 is 30.3. The van der Waals surface area contributed by atoms with Crippen LogP contribution in [-0.2, 0) is 24.3 Å². The molecule has 0 aliphatic heterocycles. The molecule has 0 aromatic rings. The molecular formula is C13H24N2O6S. The number of carbonyl (C=O) groups is 2. The molecule has 1 aliphatic carbocycles. The highest BCUT2D eigenvalue weighted by molar-refractivity contribution is 7.89. The van der Waals surface area contributed by atoms with Gasteiger partial charge in [-0.15, -0.1) is 0 Å². The van der Waals surface area contributed by atoms with Crippen LogP contribution in [0.4, 0.5) is 0 Å². The lowest BCUT2D eigenvalue weighted by Gasteiger charge is -2.26. The second-order valence-corrected chi connectivity index (χ2v) is 7.22. The summed E-state index contributed by atoms with van der Waals surface area (Å²) in [4.78, 5) is 22.5. The van der Waals surface area contributed by atoms with Crippen LogP contribution in [0.5, 0.6) is 0 Å². The van der Waals surface area contributed by atoms with Crippen LogP contribution in [0, 0.1) is 5.92 Å². The van der Waals surface area contributed by atoms with Crippen molar-refractivity contribution < 1.29 is 27.9 Å². The first-order valence-corrected chi connectivity index (χ1v) is 9.06. The molecule has 128 valence electrons. The summed E-state index contributed by atoms with van der Waals surface area (Å²) in [6.45, 7) is 1.99. The maximum atomic E-state index is 11.7. The van der Waals surface area contributed by atoms with E-state index in [2.05, 4.69) is 10.0 Å². The lowest BCUT2D eigenvalue weighted by molar-refractivity contribution is -0.142. The van der Waals surface area contributed by atoms with E-state index in [1.807, 2.05) is 0 Å². The molecule has 0 spiro atoms. The van der Waals surface area contributed by atoms with E-state index in [1.165, 1.54) is 0 Å². The van der Waals surface area contributed by atoms with Gasteiger partial charge in [0.2, 0.25) is 15.9 Å². The summed E-state index contributed by atoms with van der Waals surface area (Å²) in [7, 11) is -3.52. The average molecular weight is 336 g/mol. The highest BCUT2D eigenvalue weighted by Crippen LogP contribution is 2.24. The van der Waals surface area contributed by atoms with E-state index < -0.39 is 21.9 Å². The van der Waals surface area contributed by atoms with Gasteiger partial charge in [0.25, 0.3) is 0 Å². The molecule has 0 bridgehead atoms. The SMILES string of the molecule is CCOCCS(=O)(=O)NCC(=O)NC1CCC(C(=O)O)CC1. The predicted octanol–water partition coefficient (Wildman–Crippen LogP) is -0.298. The minimum atomic E-state index is -3.52. The largest absolute Gasteiger partial charge is 0.481 e. The zero-order chi connectivity index (χ0) is 16.6. The minimum Gasteiger partial charge on any atom is -0.481 e. The molecule has 0 atom stereocenters. The molecule has 8 nitrogen and oxygen atoms in total. The summed E-state index contributed by atoms with van der Waals surface area (Å²) in [5, 5.41) is 11.6. The Morgan fingerprint density at radius 1 is 1.23 bits per heavy atom. The van der Waals surface area contributed by atoms with E-state index in [4.69, 9.17) is 9.84 Å². The molecule has 9 heteroatoms. The van der Waals surface area contributed by atoms with Crippen molar-refractivity contribution in [2.45, 2.75) is 38.6 Å². The second-order valence-electron chi connectivity index (χ2n) is 5.29. The Bertz CT molecular complexity index is 471. The summed E-state index contributed by atoms with van der Waals surface area (Å²) in [5.41, 5.74) is 0. The second kappa shape index (κ2) is 9.06. The number of carbonyl (C=O) groups excluding carboxylic acids is 1. The van der Waals surface area contributed by atoms with E-state index in [0.717, 1.165) is 0 Å². The number of hydrogen-bond donors (Lipinski definition) is 3. The van der Waals surface area contributed by atoms with Crippen LogP contribution in [0.25, 0.3) is 0 Å². The third-order valence-corrected chi connectivity index (χ3v) is 4.88. The Morgan fingerprint density at radius 3 is 2.41 bits per heavy atom. The summed E-state index contributed by atoms with van der Waals surface area (Å²) in [5.74, 6) is -1.73. The fraction of sp³-hybridized carbons (Fsp3) is 0.846. The molecule has 0 saturated heterocycles. The van der Waals surface area contributed by atoms with E-state index in [1.54, 1.807) is 6.92 Å². The third-order valence-electron chi connectivity index (χ3n) is 3.59.